The summed E-state index contributed by atoms with van der Waals surface area (Å²) >= 11 is 3.28. The lowest BCUT2D eigenvalue weighted by Gasteiger charge is -2.09. The SMILES string of the molecule is CNCCCNS(=O)(=O)c1cc(Br)ccc1C. The fourth-order valence-corrected chi connectivity index (χ4v) is 3.27. The van der Waals surface area contributed by atoms with Gasteiger partial charge in [0, 0.05) is 11.0 Å². The first-order valence-electron chi connectivity index (χ1n) is 5.38. The Hall–Kier alpha value is -0.430. The summed E-state index contributed by atoms with van der Waals surface area (Å²) in [5.41, 5.74) is 0.745. The molecular formula is C11H17BrN2O2S. The van der Waals surface area contributed by atoms with Crippen molar-refractivity contribution >= 4 is 26.0 Å². The molecule has 0 aliphatic carbocycles. The fraction of sp³-hybridized carbons (Fsp3) is 0.455. The van der Waals surface area contributed by atoms with Crippen LogP contribution in [0.3, 0.4) is 0 Å². The average molecular weight is 321 g/mol. The van der Waals surface area contributed by atoms with Crippen LogP contribution in [0.2, 0.25) is 0 Å². The Kier molecular flexibility index (Phi) is 5.58. The highest BCUT2D eigenvalue weighted by Gasteiger charge is 2.16. The quantitative estimate of drug-likeness (QED) is 0.783. The van der Waals surface area contributed by atoms with Crippen molar-refractivity contribution in [2.24, 2.45) is 0 Å². The summed E-state index contributed by atoms with van der Waals surface area (Å²) in [5.74, 6) is 0. The third-order valence-electron chi connectivity index (χ3n) is 2.34. The number of sulfonamides is 1. The van der Waals surface area contributed by atoms with E-state index in [1.165, 1.54) is 0 Å². The van der Waals surface area contributed by atoms with Gasteiger partial charge in [-0.3, -0.25) is 0 Å². The molecule has 2 N–H and O–H groups in total. The molecule has 0 radical (unpaired) electrons. The Labute approximate surface area is 111 Å². The molecule has 0 atom stereocenters. The maximum atomic E-state index is 12.0. The Morgan fingerprint density at radius 1 is 1.29 bits per heavy atom. The number of benzene rings is 1. The zero-order chi connectivity index (χ0) is 12.9. The number of rotatable bonds is 6. The average Bonchev–Trinajstić information content (AvgIpc) is 2.28. The second-order valence-corrected chi connectivity index (χ2v) is 6.42. The molecule has 0 spiro atoms. The van der Waals surface area contributed by atoms with Crippen LogP contribution in [0.4, 0.5) is 0 Å². The summed E-state index contributed by atoms with van der Waals surface area (Å²) in [7, 11) is -1.56. The lowest BCUT2D eigenvalue weighted by molar-refractivity contribution is 0.576. The maximum absolute atomic E-state index is 12.0. The second-order valence-electron chi connectivity index (χ2n) is 3.76. The van der Waals surface area contributed by atoms with Gasteiger partial charge in [-0.1, -0.05) is 22.0 Å². The van der Waals surface area contributed by atoms with E-state index in [-0.39, 0.29) is 0 Å². The molecule has 0 fully saturated rings. The van der Waals surface area contributed by atoms with Gasteiger partial charge in [-0.25, -0.2) is 13.1 Å². The topological polar surface area (TPSA) is 58.2 Å². The Morgan fingerprint density at radius 2 is 2.00 bits per heavy atom. The molecule has 0 saturated heterocycles. The smallest absolute Gasteiger partial charge is 0.240 e. The summed E-state index contributed by atoms with van der Waals surface area (Å²) in [4.78, 5) is 0.330. The van der Waals surface area contributed by atoms with Crippen molar-refractivity contribution < 1.29 is 8.42 Å². The van der Waals surface area contributed by atoms with E-state index >= 15 is 0 Å². The summed E-state index contributed by atoms with van der Waals surface area (Å²) in [6.45, 7) is 3.02. The van der Waals surface area contributed by atoms with Gasteiger partial charge < -0.3 is 5.32 Å². The second kappa shape index (κ2) is 6.49. The summed E-state index contributed by atoms with van der Waals surface area (Å²) in [6.07, 6.45) is 0.767. The molecule has 0 aliphatic heterocycles. The molecular weight excluding hydrogens is 304 g/mol. The van der Waals surface area contributed by atoms with Crippen LogP contribution in [-0.2, 0) is 10.0 Å². The predicted molar refractivity (Wildman–Crippen MR) is 72.6 cm³/mol. The van der Waals surface area contributed by atoms with Crippen LogP contribution in [0, 0.1) is 6.92 Å². The van der Waals surface area contributed by atoms with Gasteiger partial charge in [0.2, 0.25) is 10.0 Å². The molecule has 1 aromatic rings. The van der Waals surface area contributed by atoms with Gasteiger partial charge in [0.15, 0.2) is 0 Å². The van der Waals surface area contributed by atoms with Gasteiger partial charge in [0.1, 0.15) is 0 Å². The van der Waals surface area contributed by atoms with E-state index in [2.05, 4.69) is 26.0 Å². The molecule has 0 unspecified atom stereocenters. The molecule has 1 aromatic carbocycles. The third kappa shape index (κ3) is 4.39. The Bertz CT molecular complexity index is 474. The van der Waals surface area contributed by atoms with Gasteiger partial charge in [-0.05, 0) is 44.6 Å². The van der Waals surface area contributed by atoms with Gasteiger partial charge >= 0.3 is 0 Å². The number of nitrogens with one attached hydrogen (secondary N) is 2. The largest absolute Gasteiger partial charge is 0.320 e. The number of halogens is 1. The zero-order valence-electron chi connectivity index (χ0n) is 9.96. The maximum Gasteiger partial charge on any atom is 0.240 e. The normalized spacial score (nSPS) is 11.7. The van der Waals surface area contributed by atoms with Crippen LogP contribution >= 0.6 is 15.9 Å². The summed E-state index contributed by atoms with van der Waals surface area (Å²) < 4.78 is 27.4. The van der Waals surface area contributed by atoms with Crippen molar-refractivity contribution in [1.29, 1.82) is 0 Å². The van der Waals surface area contributed by atoms with E-state index in [1.807, 2.05) is 13.1 Å². The van der Waals surface area contributed by atoms with Gasteiger partial charge in [0.25, 0.3) is 0 Å². The fourth-order valence-electron chi connectivity index (χ4n) is 1.41. The molecule has 17 heavy (non-hydrogen) atoms. The first-order chi connectivity index (χ1) is 7.97. The van der Waals surface area contributed by atoms with Crippen molar-refractivity contribution in [2.75, 3.05) is 20.1 Å². The molecule has 0 aromatic heterocycles. The first kappa shape index (κ1) is 14.6. The highest BCUT2D eigenvalue weighted by Crippen LogP contribution is 2.20. The van der Waals surface area contributed by atoms with Crippen molar-refractivity contribution in [3.05, 3.63) is 28.2 Å². The number of hydrogen-bond acceptors (Lipinski definition) is 3. The molecule has 1 rings (SSSR count). The molecule has 96 valence electrons. The third-order valence-corrected chi connectivity index (χ3v) is 4.43. The van der Waals surface area contributed by atoms with Crippen LogP contribution in [0.5, 0.6) is 0 Å². The van der Waals surface area contributed by atoms with E-state index in [1.54, 1.807) is 19.1 Å². The van der Waals surface area contributed by atoms with E-state index in [0.717, 1.165) is 23.0 Å². The summed E-state index contributed by atoms with van der Waals surface area (Å²) in [6, 6.07) is 5.23. The van der Waals surface area contributed by atoms with Gasteiger partial charge in [-0.15, -0.1) is 0 Å². The van der Waals surface area contributed by atoms with E-state index < -0.39 is 10.0 Å². The van der Waals surface area contributed by atoms with Crippen LogP contribution in [0.1, 0.15) is 12.0 Å². The number of hydrogen-bond donors (Lipinski definition) is 2. The van der Waals surface area contributed by atoms with Crippen LogP contribution in [0.15, 0.2) is 27.6 Å². The minimum Gasteiger partial charge on any atom is -0.320 e. The lowest BCUT2D eigenvalue weighted by atomic mass is 10.2. The van der Waals surface area contributed by atoms with E-state index in [4.69, 9.17) is 0 Å². The summed E-state index contributed by atoms with van der Waals surface area (Å²) in [5, 5.41) is 2.97. The molecule has 6 heteroatoms. The highest BCUT2D eigenvalue weighted by molar-refractivity contribution is 9.10. The number of aryl methyl sites for hydroxylation is 1. The van der Waals surface area contributed by atoms with E-state index in [9.17, 15) is 8.42 Å². The standard InChI is InChI=1S/C11H17BrN2O2S/c1-9-4-5-10(12)8-11(9)17(15,16)14-7-3-6-13-2/h4-5,8,13-14H,3,6-7H2,1-2H3. The van der Waals surface area contributed by atoms with Gasteiger partial charge in [-0.2, -0.15) is 0 Å². The Morgan fingerprint density at radius 3 is 2.65 bits per heavy atom. The molecule has 4 nitrogen and oxygen atoms in total. The molecule has 0 heterocycles. The van der Waals surface area contributed by atoms with Crippen molar-refractivity contribution in [3.63, 3.8) is 0 Å². The molecule has 0 saturated carbocycles. The lowest BCUT2D eigenvalue weighted by Crippen LogP contribution is -2.27. The van der Waals surface area contributed by atoms with Crippen LogP contribution < -0.4 is 10.0 Å². The monoisotopic (exact) mass is 320 g/mol. The van der Waals surface area contributed by atoms with Crippen LogP contribution in [0.25, 0.3) is 0 Å². The van der Waals surface area contributed by atoms with Crippen molar-refractivity contribution in [2.45, 2.75) is 18.2 Å². The highest BCUT2D eigenvalue weighted by atomic mass is 79.9. The molecule has 0 aliphatic rings. The Balaban J connectivity index is 2.79. The first-order valence-corrected chi connectivity index (χ1v) is 7.65. The predicted octanol–water partition coefficient (Wildman–Crippen LogP) is 1.65. The minimum absolute atomic E-state index is 0.330. The zero-order valence-corrected chi connectivity index (χ0v) is 12.4. The van der Waals surface area contributed by atoms with Crippen molar-refractivity contribution in [1.82, 2.24) is 10.0 Å². The van der Waals surface area contributed by atoms with Crippen LogP contribution in [-0.4, -0.2) is 28.6 Å². The van der Waals surface area contributed by atoms with Gasteiger partial charge in [0.05, 0.1) is 4.90 Å². The minimum atomic E-state index is -3.40. The molecule has 0 bridgehead atoms. The van der Waals surface area contributed by atoms with Crippen molar-refractivity contribution in [3.8, 4) is 0 Å². The van der Waals surface area contributed by atoms with E-state index in [0.29, 0.717) is 11.4 Å². The molecule has 0 amide bonds.